The quantitative estimate of drug-likeness (QED) is 0.876. The molecule has 94 valence electrons. The molecule has 1 N–H and O–H groups in total. The Labute approximate surface area is 103 Å². The summed E-state index contributed by atoms with van der Waals surface area (Å²) in [6.45, 7) is 3.48. The van der Waals surface area contributed by atoms with Gasteiger partial charge in [-0.3, -0.25) is 9.11 Å². The number of rotatable bonds is 2. The molecule has 1 aliphatic rings. The van der Waals surface area contributed by atoms with Crippen molar-refractivity contribution in [2.75, 3.05) is 24.6 Å². The Morgan fingerprint density at radius 2 is 2.06 bits per heavy atom. The van der Waals surface area contributed by atoms with Crippen LogP contribution < -0.4 is 0 Å². The summed E-state index contributed by atoms with van der Waals surface area (Å²) in [4.78, 5) is 2.16. The number of phenols is 1. The van der Waals surface area contributed by atoms with Gasteiger partial charge in [0.25, 0.3) is 0 Å². The lowest BCUT2D eigenvalue weighted by molar-refractivity contribution is 0.227. The smallest absolute Gasteiger partial charge is 0.126 e. The first-order valence-corrected chi connectivity index (χ1v) is 7.14. The third kappa shape index (κ3) is 2.84. The normalized spacial score (nSPS) is 20.4. The molecule has 0 bridgehead atoms. The Bertz CT molecular complexity index is 429. The third-order valence-electron chi connectivity index (χ3n) is 3.20. The molecule has 2 rings (SSSR count). The average Bonchev–Trinajstić information content (AvgIpc) is 2.29. The molecule has 5 heteroatoms. The summed E-state index contributed by atoms with van der Waals surface area (Å²) in [6.07, 6.45) is 0. The van der Waals surface area contributed by atoms with Crippen LogP contribution in [-0.2, 0) is 10.8 Å². The zero-order valence-electron chi connectivity index (χ0n) is 9.73. The molecule has 17 heavy (non-hydrogen) atoms. The van der Waals surface area contributed by atoms with E-state index in [9.17, 15) is 13.7 Å². The lowest BCUT2D eigenvalue weighted by Gasteiger charge is -2.32. The number of aromatic hydroxyl groups is 1. The minimum Gasteiger partial charge on any atom is -0.508 e. The van der Waals surface area contributed by atoms with Gasteiger partial charge in [-0.2, -0.15) is 0 Å². The van der Waals surface area contributed by atoms with Crippen molar-refractivity contribution in [1.29, 1.82) is 0 Å². The molecule has 1 aromatic carbocycles. The lowest BCUT2D eigenvalue weighted by Crippen LogP contribution is -2.39. The van der Waals surface area contributed by atoms with Gasteiger partial charge in [0.05, 0.1) is 0 Å². The van der Waals surface area contributed by atoms with E-state index < -0.39 is 16.6 Å². The van der Waals surface area contributed by atoms with Crippen LogP contribution in [0.5, 0.6) is 5.75 Å². The van der Waals surface area contributed by atoms with Gasteiger partial charge >= 0.3 is 0 Å². The SMILES string of the molecule is CC(c1ccc(F)cc1O)N1CCS(=O)CC1. The molecule has 1 heterocycles. The average molecular weight is 257 g/mol. The molecule has 0 radical (unpaired) electrons. The zero-order chi connectivity index (χ0) is 12.4. The molecule has 1 aliphatic heterocycles. The Morgan fingerprint density at radius 3 is 2.65 bits per heavy atom. The van der Waals surface area contributed by atoms with Crippen LogP contribution in [0.25, 0.3) is 0 Å². The van der Waals surface area contributed by atoms with Gasteiger partial charge in [0, 0.05) is 53.1 Å². The van der Waals surface area contributed by atoms with E-state index in [1.54, 1.807) is 6.07 Å². The van der Waals surface area contributed by atoms with Crippen molar-refractivity contribution in [2.24, 2.45) is 0 Å². The first-order valence-electron chi connectivity index (χ1n) is 5.65. The lowest BCUT2D eigenvalue weighted by atomic mass is 10.1. The molecular weight excluding hydrogens is 241 g/mol. The van der Waals surface area contributed by atoms with Gasteiger partial charge in [0.15, 0.2) is 0 Å². The van der Waals surface area contributed by atoms with E-state index in [0.717, 1.165) is 24.7 Å². The predicted molar refractivity (Wildman–Crippen MR) is 65.9 cm³/mol. The van der Waals surface area contributed by atoms with Crippen LogP contribution in [0.3, 0.4) is 0 Å². The number of phenolic OH excluding ortho intramolecular Hbond substituents is 1. The first kappa shape index (κ1) is 12.5. The van der Waals surface area contributed by atoms with Crippen LogP contribution in [0.1, 0.15) is 18.5 Å². The number of halogens is 1. The van der Waals surface area contributed by atoms with Gasteiger partial charge in [-0.25, -0.2) is 4.39 Å². The summed E-state index contributed by atoms with van der Waals surface area (Å²) in [5.74, 6) is 0.904. The van der Waals surface area contributed by atoms with Crippen molar-refractivity contribution >= 4 is 10.8 Å². The molecule has 0 aromatic heterocycles. The second-order valence-electron chi connectivity index (χ2n) is 4.26. The highest BCUT2D eigenvalue weighted by Crippen LogP contribution is 2.29. The van der Waals surface area contributed by atoms with E-state index in [1.165, 1.54) is 6.07 Å². The zero-order valence-corrected chi connectivity index (χ0v) is 10.5. The molecule has 0 spiro atoms. The van der Waals surface area contributed by atoms with Crippen LogP contribution in [0.2, 0.25) is 0 Å². The van der Waals surface area contributed by atoms with Crippen molar-refractivity contribution in [3.8, 4) is 5.75 Å². The van der Waals surface area contributed by atoms with Gasteiger partial charge in [0.2, 0.25) is 0 Å². The van der Waals surface area contributed by atoms with Crippen LogP contribution in [0, 0.1) is 5.82 Å². The third-order valence-corrected chi connectivity index (χ3v) is 4.48. The molecular formula is C12H16FNO2S. The highest BCUT2D eigenvalue weighted by molar-refractivity contribution is 7.85. The molecule has 1 fully saturated rings. The van der Waals surface area contributed by atoms with Crippen molar-refractivity contribution in [1.82, 2.24) is 4.90 Å². The molecule has 1 aromatic rings. The summed E-state index contributed by atoms with van der Waals surface area (Å²) in [7, 11) is -0.707. The second-order valence-corrected chi connectivity index (χ2v) is 5.96. The first-order chi connectivity index (χ1) is 8.08. The number of hydrogen-bond donors (Lipinski definition) is 1. The Hall–Kier alpha value is -0.940. The topological polar surface area (TPSA) is 40.5 Å². The van der Waals surface area contributed by atoms with Crippen LogP contribution in [-0.4, -0.2) is 38.8 Å². The largest absolute Gasteiger partial charge is 0.508 e. The maximum Gasteiger partial charge on any atom is 0.126 e. The molecule has 0 amide bonds. The molecule has 0 aliphatic carbocycles. The molecule has 1 unspecified atom stereocenters. The van der Waals surface area contributed by atoms with E-state index in [0.29, 0.717) is 11.5 Å². The highest BCUT2D eigenvalue weighted by atomic mass is 32.2. The second kappa shape index (κ2) is 5.14. The number of nitrogens with zero attached hydrogens (tertiary/aromatic N) is 1. The van der Waals surface area contributed by atoms with Crippen molar-refractivity contribution in [2.45, 2.75) is 13.0 Å². The van der Waals surface area contributed by atoms with E-state index >= 15 is 0 Å². The Morgan fingerprint density at radius 1 is 1.41 bits per heavy atom. The number of benzene rings is 1. The summed E-state index contributed by atoms with van der Waals surface area (Å²) in [6, 6.07) is 4.12. The summed E-state index contributed by atoms with van der Waals surface area (Å²) < 4.78 is 24.2. The van der Waals surface area contributed by atoms with Gasteiger partial charge in [-0.05, 0) is 13.0 Å². The van der Waals surface area contributed by atoms with Gasteiger partial charge in [-0.15, -0.1) is 0 Å². The minimum absolute atomic E-state index is 0.0100. The van der Waals surface area contributed by atoms with E-state index in [4.69, 9.17) is 0 Å². The summed E-state index contributed by atoms with van der Waals surface area (Å²) >= 11 is 0. The van der Waals surface area contributed by atoms with Crippen LogP contribution in [0.15, 0.2) is 18.2 Å². The van der Waals surface area contributed by atoms with E-state index in [1.807, 2.05) is 6.92 Å². The fraction of sp³-hybridized carbons (Fsp3) is 0.500. The van der Waals surface area contributed by atoms with E-state index in [-0.39, 0.29) is 11.8 Å². The Balaban J connectivity index is 2.13. The van der Waals surface area contributed by atoms with Crippen LogP contribution in [0.4, 0.5) is 4.39 Å². The standard InChI is InChI=1S/C12H16FNO2S/c1-9(14-4-6-17(16)7-5-14)11-3-2-10(13)8-12(11)15/h2-3,8-9,15H,4-7H2,1H3. The molecule has 1 atom stereocenters. The van der Waals surface area contributed by atoms with Crippen molar-refractivity contribution in [3.05, 3.63) is 29.6 Å². The highest BCUT2D eigenvalue weighted by Gasteiger charge is 2.22. The maximum atomic E-state index is 12.9. The van der Waals surface area contributed by atoms with Crippen molar-refractivity contribution < 1.29 is 13.7 Å². The van der Waals surface area contributed by atoms with Crippen LogP contribution >= 0.6 is 0 Å². The van der Waals surface area contributed by atoms with Crippen molar-refractivity contribution in [3.63, 3.8) is 0 Å². The fourth-order valence-electron chi connectivity index (χ4n) is 2.11. The summed E-state index contributed by atoms with van der Waals surface area (Å²) in [5.41, 5.74) is 0.721. The van der Waals surface area contributed by atoms with E-state index in [2.05, 4.69) is 4.90 Å². The molecule has 3 nitrogen and oxygen atoms in total. The fourth-order valence-corrected chi connectivity index (χ4v) is 3.19. The molecule has 1 saturated heterocycles. The van der Waals surface area contributed by atoms with Gasteiger partial charge < -0.3 is 5.11 Å². The maximum absolute atomic E-state index is 12.9. The summed E-state index contributed by atoms with van der Waals surface area (Å²) in [5, 5.41) is 9.72. The van der Waals surface area contributed by atoms with Gasteiger partial charge in [-0.1, -0.05) is 6.07 Å². The Kier molecular flexibility index (Phi) is 3.79. The molecule has 0 saturated carbocycles. The predicted octanol–water partition coefficient (Wildman–Crippen LogP) is 1.66. The monoisotopic (exact) mass is 257 g/mol. The number of hydrogen-bond acceptors (Lipinski definition) is 3. The van der Waals surface area contributed by atoms with Gasteiger partial charge in [0.1, 0.15) is 11.6 Å². The minimum atomic E-state index is -0.707.